The third kappa shape index (κ3) is 5.71. The molecular formula is C42H42N4O. The van der Waals surface area contributed by atoms with E-state index >= 15 is 0 Å². The largest absolute Gasteiger partial charge is 0.457 e. The Morgan fingerprint density at radius 3 is 2.23 bits per heavy atom. The first-order valence-corrected chi connectivity index (χ1v) is 16.3. The number of ether oxygens (including phenoxy) is 1. The zero-order valence-electron chi connectivity index (χ0n) is 28.6. The second kappa shape index (κ2) is 11.6. The van der Waals surface area contributed by atoms with E-state index in [2.05, 4.69) is 144 Å². The first-order chi connectivity index (χ1) is 22.5. The summed E-state index contributed by atoms with van der Waals surface area (Å²) < 4.78 is 9.06. The minimum absolute atomic E-state index is 0.0384. The summed E-state index contributed by atoms with van der Waals surface area (Å²) in [7, 11) is 0. The third-order valence-electron chi connectivity index (χ3n) is 9.34. The average molecular weight is 619 g/mol. The summed E-state index contributed by atoms with van der Waals surface area (Å²) >= 11 is 0. The Morgan fingerprint density at radius 2 is 1.47 bits per heavy atom. The predicted octanol–water partition coefficient (Wildman–Crippen LogP) is 11.0. The van der Waals surface area contributed by atoms with Crippen molar-refractivity contribution >= 4 is 11.4 Å². The lowest BCUT2D eigenvalue weighted by atomic mass is 9.87. The Morgan fingerprint density at radius 1 is 0.723 bits per heavy atom. The van der Waals surface area contributed by atoms with Gasteiger partial charge >= 0.3 is 0 Å². The molecule has 6 aromatic rings. The van der Waals surface area contributed by atoms with Crippen molar-refractivity contribution < 1.29 is 4.74 Å². The molecule has 0 unspecified atom stereocenters. The lowest BCUT2D eigenvalue weighted by Gasteiger charge is -2.33. The summed E-state index contributed by atoms with van der Waals surface area (Å²) in [5.74, 6) is 2.58. The van der Waals surface area contributed by atoms with Crippen molar-refractivity contribution in [3.8, 4) is 45.3 Å². The number of rotatable bonds is 5. The van der Waals surface area contributed by atoms with Crippen LogP contribution in [-0.2, 0) is 12.1 Å². The van der Waals surface area contributed by atoms with Gasteiger partial charge in [-0.3, -0.25) is 4.98 Å². The van der Waals surface area contributed by atoms with Gasteiger partial charge in [0.25, 0.3) is 0 Å². The minimum Gasteiger partial charge on any atom is -0.457 e. The molecule has 4 aromatic carbocycles. The molecule has 1 aliphatic heterocycles. The molecule has 0 aliphatic carbocycles. The summed E-state index contributed by atoms with van der Waals surface area (Å²) in [5, 5.41) is 0. The number of imidazole rings is 1. The second-order valence-corrected chi connectivity index (χ2v) is 13.9. The maximum atomic E-state index is 6.75. The van der Waals surface area contributed by atoms with E-state index in [-0.39, 0.29) is 5.41 Å². The van der Waals surface area contributed by atoms with Crippen LogP contribution in [0.1, 0.15) is 54.4 Å². The summed E-state index contributed by atoms with van der Waals surface area (Å²) in [4.78, 5) is 12.0. The van der Waals surface area contributed by atoms with E-state index < -0.39 is 0 Å². The maximum absolute atomic E-state index is 6.75. The van der Waals surface area contributed by atoms with Gasteiger partial charge in [-0.1, -0.05) is 62.7 Å². The van der Waals surface area contributed by atoms with Gasteiger partial charge in [-0.2, -0.15) is 0 Å². The SMILES string of the molecule is Cc1cc(C)c(-c2cc(Oc3cccc(-c4cc(C(C)(C)C)ccn4)c3)cc(N3Cn4c(nc(C)c4C)-c4ccccc43)c2)c(C)c1. The zero-order valence-corrected chi connectivity index (χ0v) is 28.6. The van der Waals surface area contributed by atoms with Crippen LogP contribution in [0.4, 0.5) is 11.4 Å². The van der Waals surface area contributed by atoms with Crippen LogP contribution in [0, 0.1) is 34.6 Å². The van der Waals surface area contributed by atoms with E-state index in [1.807, 2.05) is 18.3 Å². The van der Waals surface area contributed by atoms with E-state index in [0.29, 0.717) is 6.67 Å². The van der Waals surface area contributed by atoms with E-state index in [4.69, 9.17) is 14.7 Å². The number of nitrogens with zero attached hydrogens (tertiary/aromatic N) is 4. The average Bonchev–Trinajstić information content (AvgIpc) is 3.32. The topological polar surface area (TPSA) is 43.2 Å². The molecule has 5 nitrogen and oxygen atoms in total. The third-order valence-corrected chi connectivity index (χ3v) is 9.34. The number of benzene rings is 4. The maximum Gasteiger partial charge on any atom is 0.144 e. The monoisotopic (exact) mass is 618 g/mol. The first-order valence-electron chi connectivity index (χ1n) is 16.3. The molecule has 0 N–H and O–H groups in total. The van der Waals surface area contributed by atoms with Crippen molar-refractivity contribution in [1.82, 2.24) is 14.5 Å². The number of fused-ring (bicyclic) bond motifs is 3. The molecule has 0 amide bonds. The molecular weight excluding hydrogens is 576 g/mol. The molecule has 0 saturated carbocycles. The number of pyridine rings is 1. The fourth-order valence-electron chi connectivity index (χ4n) is 6.86. The number of anilines is 2. The smallest absolute Gasteiger partial charge is 0.144 e. The van der Waals surface area contributed by atoms with Crippen molar-refractivity contribution in [3.05, 3.63) is 131 Å². The zero-order chi connectivity index (χ0) is 33.0. The summed E-state index contributed by atoms with van der Waals surface area (Å²) in [6.45, 7) is 18.1. The molecule has 1 aliphatic rings. The van der Waals surface area contributed by atoms with Crippen LogP contribution in [-0.4, -0.2) is 14.5 Å². The van der Waals surface area contributed by atoms with E-state index in [0.717, 1.165) is 56.8 Å². The van der Waals surface area contributed by atoms with Crippen molar-refractivity contribution in [2.45, 2.75) is 67.5 Å². The highest BCUT2D eigenvalue weighted by atomic mass is 16.5. The van der Waals surface area contributed by atoms with Crippen LogP contribution >= 0.6 is 0 Å². The molecule has 0 spiro atoms. The van der Waals surface area contributed by atoms with Crippen LogP contribution in [0.25, 0.3) is 33.8 Å². The second-order valence-electron chi connectivity index (χ2n) is 13.9. The molecule has 5 heteroatoms. The standard InChI is InChI=1S/C42H42N4O/c1-26-18-27(2)40(28(3)19-26)32-20-34(46-25-45-30(5)29(4)44-41(45)37-14-9-10-15-39(37)46)24-36(22-32)47-35-13-11-12-31(21-35)38-23-33(16-17-43-38)42(6,7)8/h9-24H,25H2,1-8H3. The van der Waals surface area contributed by atoms with Gasteiger partial charge in [0.05, 0.1) is 17.1 Å². The lowest BCUT2D eigenvalue weighted by molar-refractivity contribution is 0.483. The van der Waals surface area contributed by atoms with Gasteiger partial charge in [0.1, 0.15) is 24.0 Å². The fourth-order valence-corrected chi connectivity index (χ4v) is 6.86. The number of para-hydroxylation sites is 1. The lowest BCUT2D eigenvalue weighted by Crippen LogP contribution is -2.27. The summed E-state index contributed by atoms with van der Waals surface area (Å²) in [6.07, 6.45) is 1.90. The fraction of sp³-hybridized carbons (Fsp3) is 0.238. The Bertz CT molecular complexity index is 2130. The van der Waals surface area contributed by atoms with Gasteiger partial charge in [-0.05, 0) is 116 Å². The highest BCUT2D eigenvalue weighted by Crippen LogP contribution is 2.44. The van der Waals surface area contributed by atoms with Gasteiger partial charge in [0.2, 0.25) is 0 Å². The summed E-state index contributed by atoms with van der Waals surface area (Å²) in [6, 6.07) is 32.2. The Kier molecular flexibility index (Phi) is 7.51. The quantitative estimate of drug-likeness (QED) is 0.193. The highest BCUT2D eigenvalue weighted by molar-refractivity contribution is 5.84. The Labute approximate surface area is 278 Å². The summed E-state index contributed by atoms with van der Waals surface area (Å²) in [5.41, 5.74) is 15.0. The molecule has 0 atom stereocenters. The van der Waals surface area contributed by atoms with Crippen LogP contribution < -0.4 is 9.64 Å². The van der Waals surface area contributed by atoms with Crippen molar-refractivity contribution in [3.63, 3.8) is 0 Å². The predicted molar refractivity (Wildman–Crippen MR) is 194 cm³/mol. The van der Waals surface area contributed by atoms with Crippen LogP contribution in [0.5, 0.6) is 11.5 Å². The van der Waals surface area contributed by atoms with E-state index in [1.54, 1.807) is 0 Å². The molecule has 0 bridgehead atoms. The molecule has 236 valence electrons. The molecule has 0 saturated heterocycles. The Hall–Kier alpha value is -5.16. The van der Waals surface area contributed by atoms with Gasteiger partial charge in [0.15, 0.2) is 0 Å². The van der Waals surface area contributed by atoms with Crippen LogP contribution in [0.15, 0.2) is 97.2 Å². The first kappa shape index (κ1) is 30.5. The van der Waals surface area contributed by atoms with Crippen LogP contribution in [0.2, 0.25) is 0 Å². The Balaban J connectivity index is 1.35. The number of hydrogen-bond donors (Lipinski definition) is 0. The normalized spacial score (nSPS) is 12.6. The van der Waals surface area contributed by atoms with Crippen LogP contribution in [0.3, 0.4) is 0 Å². The van der Waals surface area contributed by atoms with Crippen molar-refractivity contribution in [1.29, 1.82) is 0 Å². The van der Waals surface area contributed by atoms with E-state index in [1.165, 1.54) is 33.5 Å². The molecule has 2 aromatic heterocycles. The van der Waals surface area contributed by atoms with Gasteiger partial charge in [-0.15, -0.1) is 0 Å². The molecule has 3 heterocycles. The molecule has 0 fully saturated rings. The number of aromatic nitrogens is 3. The number of aryl methyl sites for hydroxylation is 4. The number of hydrogen-bond acceptors (Lipinski definition) is 4. The highest BCUT2D eigenvalue weighted by Gasteiger charge is 2.27. The van der Waals surface area contributed by atoms with E-state index in [9.17, 15) is 0 Å². The van der Waals surface area contributed by atoms with Gasteiger partial charge < -0.3 is 14.2 Å². The van der Waals surface area contributed by atoms with Gasteiger partial charge in [0, 0.05) is 34.8 Å². The minimum atomic E-state index is 0.0384. The molecule has 0 radical (unpaired) electrons. The molecule has 7 rings (SSSR count). The molecule has 47 heavy (non-hydrogen) atoms. The van der Waals surface area contributed by atoms with Gasteiger partial charge in [-0.25, -0.2) is 4.98 Å². The van der Waals surface area contributed by atoms with Crippen molar-refractivity contribution in [2.75, 3.05) is 4.90 Å². The van der Waals surface area contributed by atoms with Crippen molar-refractivity contribution in [2.24, 2.45) is 0 Å².